The molecule has 76 valence electrons. The summed E-state index contributed by atoms with van der Waals surface area (Å²) in [5.41, 5.74) is 0.922. The minimum Gasteiger partial charge on any atom is -0.258 e. The van der Waals surface area contributed by atoms with Crippen molar-refractivity contribution in [3.63, 3.8) is 0 Å². The van der Waals surface area contributed by atoms with Gasteiger partial charge >= 0.3 is 0 Å². The summed E-state index contributed by atoms with van der Waals surface area (Å²) in [6, 6.07) is 0. The Morgan fingerprint density at radius 3 is 2.93 bits per heavy atom. The molecule has 0 aliphatic carbocycles. The minimum atomic E-state index is -0.371. The summed E-state index contributed by atoms with van der Waals surface area (Å²) in [6.45, 7) is 3.78. The van der Waals surface area contributed by atoms with Crippen LogP contribution in [0.4, 0.5) is 0 Å². The van der Waals surface area contributed by atoms with Crippen molar-refractivity contribution in [2.45, 2.75) is 20.3 Å². The Morgan fingerprint density at radius 1 is 1.79 bits per heavy atom. The van der Waals surface area contributed by atoms with Crippen LogP contribution in [-0.4, -0.2) is 15.7 Å². The van der Waals surface area contributed by atoms with E-state index in [0.717, 1.165) is 16.5 Å². The fourth-order valence-corrected chi connectivity index (χ4v) is 1.77. The number of hydrogen-bond donors (Lipinski definition) is 0. The van der Waals surface area contributed by atoms with Gasteiger partial charge in [0, 0.05) is 11.8 Å². The molecule has 1 aliphatic rings. The van der Waals surface area contributed by atoms with Crippen LogP contribution in [0.5, 0.6) is 0 Å². The summed E-state index contributed by atoms with van der Waals surface area (Å²) < 4.78 is 0. The number of nitrogens with zero attached hydrogens (tertiary/aromatic N) is 2. The summed E-state index contributed by atoms with van der Waals surface area (Å²) in [4.78, 5) is 14.4. The van der Waals surface area contributed by atoms with Crippen molar-refractivity contribution in [1.29, 1.82) is 0 Å². The fourth-order valence-electron chi connectivity index (χ4n) is 1.09. The second-order valence-electron chi connectivity index (χ2n) is 2.85. The van der Waals surface area contributed by atoms with E-state index in [2.05, 4.69) is 4.99 Å². The van der Waals surface area contributed by atoms with E-state index in [1.54, 1.807) is 23.9 Å². The van der Waals surface area contributed by atoms with Gasteiger partial charge in [-0.05, 0) is 19.4 Å². The molecule has 0 aromatic rings. The number of nitro groups is 1. The standard InChI is InChI=1S/C9H12N2O2S/c1-3-4-9(11(12)13)5-8-6-14-7(2)10-8/h4-5H,3,6H2,1-2H3/b8-5+,9-4+. The second kappa shape index (κ2) is 4.95. The third kappa shape index (κ3) is 2.99. The average Bonchev–Trinajstić information content (AvgIpc) is 2.50. The predicted molar refractivity (Wildman–Crippen MR) is 59.0 cm³/mol. The Hall–Kier alpha value is -1.10. The zero-order chi connectivity index (χ0) is 10.6. The van der Waals surface area contributed by atoms with Gasteiger partial charge in [0.05, 0.1) is 15.7 Å². The molecule has 0 aromatic heterocycles. The lowest BCUT2D eigenvalue weighted by Crippen LogP contribution is -1.96. The number of aliphatic imine (C=N–C) groups is 1. The first-order chi connectivity index (χ1) is 6.63. The van der Waals surface area contributed by atoms with Gasteiger partial charge in [-0.25, -0.2) is 0 Å². The molecule has 4 nitrogen and oxygen atoms in total. The van der Waals surface area contributed by atoms with Gasteiger partial charge in [0.15, 0.2) is 0 Å². The van der Waals surface area contributed by atoms with E-state index in [9.17, 15) is 10.1 Å². The van der Waals surface area contributed by atoms with E-state index in [0.29, 0.717) is 6.42 Å². The van der Waals surface area contributed by atoms with Gasteiger partial charge in [0.1, 0.15) is 0 Å². The van der Waals surface area contributed by atoms with Gasteiger partial charge in [0.2, 0.25) is 0 Å². The second-order valence-corrected chi connectivity index (χ2v) is 4.02. The normalized spacial score (nSPS) is 20.0. The van der Waals surface area contributed by atoms with E-state index in [4.69, 9.17) is 0 Å². The molecule has 0 saturated carbocycles. The number of thioether (sulfide) groups is 1. The maximum atomic E-state index is 10.6. The molecule has 0 spiro atoms. The molecule has 0 unspecified atom stereocenters. The summed E-state index contributed by atoms with van der Waals surface area (Å²) in [7, 11) is 0. The summed E-state index contributed by atoms with van der Waals surface area (Å²) in [6.07, 6.45) is 3.81. The zero-order valence-electron chi connectivity index (χ0n) is 8.19. The monoisotopic (exact) mass is 212 g/mol. The van der Waals surface area contributed by atoms with Gasteiger partial charge in [-0.3, -0.25) is 15.1 Å². The molecule has 0 atom stereocenters. The number of allylic oxidation sites excluding steroid dienone is 2. The molecule has 1 heterocycles. The smallest absolute Gasteiger partial charge is 0.258 e. The van der Waals surface area contributed by atoms with Crippen molar-refractivity contribution < 1.29 is 4.92 Å². The van der Waals surface area contributed by atoms with Gasteiger partial charge < -0.3 is 0 Å². The van der Waals surface area contributed by atoms with Crippen LogP contribution >= 0.6 is 11.8 Å². The van der Waals surface area contributed by atoms with Gasteiger partial charge in [-0.1, -0.05) is 6.92 Å². The molecule has 0 bridgehead atoms. The first kappa shape index (κ1) is 11.0. The Morgan fingerprint density at radius 2 is 2.50 bits per heavy atom. The Bertz CT molecular complexity index is 332. The Labute approximate surface area is 86.9 Å². The first-order valence-corrected chi connectivity index (χ1v) is 5.35. The highest BCUT2D eigenvalue weighted by Crippen LogP contribution is 2.21. The average molecular weight is 212 g/mol. The molecule has 0 amide bonds. The molecule has 14 heavy (non-hydrogen) atoms. The van der Waals surface area contributed by atoms with Crippen molar-refractivity contribution in [3.8, 4) is 0 Å². The van der Waals surface area contributed by atoms with E-state index < -0.39 is 0 Å². The predicted octanol–water partition coefficient (Wildman–Crippen LogP) is 2.61. The van der Waals surface area contributed by atoms with Crippen LogP contribution in [0.15, 0.2) is 28.5 Å². The van der Waals surface area contributed by atoms with Crippen LogP contribution in [0.2, 0.25) is 0 Å². The lowest BCUT2D eigenvalue weighted by Gasteiger charge is -1.92. The van der Waals surface area contributed by atoms with Crippen molar-refractivity contribution in [1.82, 2.24) is 0 Å². The van der Waals surface area contributed by atoms with Crippen molar-refractivity contribution in [2.75, 3.05) is 5.75 Å². The van der Waals surface area contributed by atoms with Crippen LogP contribution in [-0.2, 0) is 0 Å². The van der Waals surface area contributed by atoms with Crippen molar-refractivity contribution in [2.24, 2.45) is 4.99 Å². The minimum absolute atomic E-state index is 0.140. The van der Waals surface area contributed by atoms with Gasteiger partial charge in [-0.15, -0.1) is 11.8 Å². The topological polar surface area (TPSA) is 55.5 Å². The lowest BCUT2D eigenvalue weighted by atomic mass is 10.3. The Kier molecular flexibility index (Phi) is 3.88. The van der Waals surface area contributed by atoms with Crippen LogP contribution in [0.3, 0.4) is 0 Å². The van der Waals surface area contributed by atoms with E-state index in [1.807, 2.05) is 13.8 Å². The van der Waals surface area contributed by atoms with Crippen molar-refractivity contribution in [3.05, 3.63) is 33.7 Å². The van der Waals surface area contributed by atoms with Crippen LogP contribution in [0, 0.1) is 10.1 Å². The maximum Gasteiger partial charge on any atom is 0.267 e. The summed E-state index contributed by atoms with van der Waals surface area (Å²) in [5, 5.41) is 11.6. The van der Waals surface area contributed by atoms with Gasteiger partial charge in [0.25, 0.3) is 5.70 Å². The molecule has 0 saturated heterocycles. The molecule has 0 aromatic carbocycles. The van der Waals surface area contributed by atoms with Gasteiger partial charge in [-0.2, -0.15) is 0 Å². The van der Waals surface area contributed by atoms with Crippen LogP contribution in [0.1, 0.15) is 20.3 Å². The summed E-state index contributed by atoms with van der Waals surface area (Å²) >= 11 is 1.61. The highest BCUT2D eigenvalue weighted by Gasteiger charge is 2.12. The van der Waals surface area contributed by atoms with E-state index in [-0.39, 0.29) is 10.6 Å². The molecule has 0 radical (unpaired) electrons. The molecule has 0 fully saturated rings. The molecule has 1 rings (SSSR count). The quantitative estimate of drug-likeness (QED) is 0.533. The SMILES string of the molecule is CC/C=C(\C=C1/CSC(C)=N1)[N+](=O)[O-]. The first-order valence-electron chi connectivity index (χ1n) is 4.36. The fraction of sp³-hybridized carbons (Fsp3) is 0.444. The molecule has 1 aliphatic heterocycles. The third-order valence-corrected chi connectivity index (χ3v) is 2.62. The Balaban J connectivity index is 2.83. The molecular formula is C9H12N2O2S. The largest absolute Gasteiger partial charge is 0.267 e. The zero-order valence-corrected chi connectivity index (χ0v) is 9.00. The maximum absolute atomic E-state index is 10.6. The van der Waals surface area contributed by atoms with E-state index in [1.165, 1.54) is 0 Å². The number of hydrogen-bond acceptors (Lipinski definition) is 4. The lowest BCUT2D eigenvalue weighted by molar-refractivity contribution is -0.419. The van der Waals surface area contributed by atoms with Crippen molar-refractivity contribution >= 4 is 16.8 Å². The van der Waals surface area contributed by atoms with E-state index >= 15 is 0 Å². The van der Waals surface area contributed by atoms with Crippen LogP contribution in [0.25, 0.3) is 0 Å². The number of rotatable bonds is 3. The molecule has 0 N–H and O–H groups in total. The highest BCUT2D eigenvalue weighted by molar-refractivity contribution is 8.14. The van der Waals surface area contributed by atoms with Crippen LogP contribution < -0.4 is 0 Å². The molecule has 5 heteroatoms. The molecular weight excluding hydrogens is 200 g/mol. The highest BCUT2D eigenvalue weighted by atomic mass is 32.2. The third-order valence-electron chi connectivity index (χ3n) is 1.67. The summed E-state index contributed by atoms with van der Waals surface area (Å²) in [5.74, 6) is 0.737.